The SMILES string of the molecule is CC(C)(C)NC(=O)c1cc(Cl)cc(Cl)c1NC(=O)c1cc(C(F)(F)F)nn1-c1ncccc1Cl. The lowest BCUT2D eigenvalue weighted by atomic mass is 10.1. The van der Waals surface area contributed by atoms with Gasteiger partial charge in [-0.2, -0.15) is 18.3 Å². The fourth-order valence-corrected chi connectivity index (χ4v) is 3.58. The van der Waals surface area contributed by atoms with Gasteiger partial charge in [0, 0.05) is 22.8 Å². The normalized spacial score (nSPS) is 11.9. The largest absolute Gasteiger partial charge is 0.435 e. The average Bonchev–Trinajstić information content (AvgIpc) is 3.14. The molecule has 1 aromatic carbocycles. The molecule has 0 saturated carbocycles. The van der Waals surface area contributed by atoms with E-state index in [1.165, 1.54) is 30.5 Å². The number of halogens is 6. The van der Waals surface area contributed by atoms with Crippen molar-refractivity contribution in [1.82, 2.24) is 20.1 Å². The van der Waals surface area contributed by atoms with Crippen LogP contribution in [0.25, 0.3) is 5.82 Å². The molecule has 7 nitrogen and oxygen atoms in total. The first kappa shape index (κ1) is 25.8. The van der Waals surface area contributed by atoms with E-state index in [0.717, 1.165) is 0 Å². The van der Waals surface area contributed by atoms with Crippen LogP contribution < -0.4 is 10.6 Å². The number of aromatic nitrogens is 3. The number of amides is 2. The number of hydrogen-bond acceptors (Lipinski definition) is 4. The summed E-state index contributed by atoms with van der Waals surface area (Å²) in [5.41, 5.74) is -2.75. The van der Waals surface area contributed by atoms with Crippen LogP contribution in [0.4, 0.5) is 18.9 Å². The van der Waals surface area contributed by atoms with Gasteiger partial charge < -0.3 is 10.6 Å². The van der Waals surface area contributed by atoms with Crippen LogP contribution in [0.2, 0.25) is 15.1 Å². The first-order chi connectivity index (χ1) is 15.7. The van der Waals surface area contributed by atoms with Crippen LogP contribution in [0.5, 0.6) is 0 Å². The van der Waals surface area contributed by atoms with Gasteiger partial charge in [0.15, 0.2) is 11.5 Å². The zero-order valence-electron chi connectivity index (χ0n) is 17.9. The summed E-state index contributed by atoms with van der Waals surface area (Å²) >= 11 is 18.3. The molecule has 2 amide bonds. The number of rotatable bonds is 4. The number of nitrogens with zero attached hydrogens (tertiary/aromatic N) is 3. The maximum absolute atomic E-state index is 13.4. The molecule has 0 aliphatic carbocycles. The van der Waals surface area contributed by atoms with Gasteiger partial charge in [-0.3, -0.25) is 9.59 Å². The average molecular weight is 535 g/mol. The summed E-state index contributed by atoms with van der Waals surface area (Å²) in [7, 11) is 0. The number of alkyl halides is 3. The summed E-state index contributed by atoms with van der Waals surface area (Å²) in [4.78, 5) is 29.8. The molecule has 2 aromatic heterocycles. The predicted molar refractivity (Wildman–Crippen MR) is 123 cm³/mol. The highest BCUT2D eigenvalue weighted by molar-refractivity contribution is 6.38. The number of hydrogen-bond donors (Lipinski definition) is 2. The molecular formula is C21H17Cl3F3N5O2. The quantitative estimate of drug-likeness (QED) is 0.428. The van der Waals surface area contributed by atoms with Crippen molar-refractivity contribution in [2.75, 3.05) is 5.32 Å². The second-order valence-electron chi connectivity index (χ2n) is 8.10. The van der Waals surface area contributed by atoms with E-state index in [9.17, 15) is 22.8 Å². The van der Waals surface area contributed by atoms with E-state index in [4.69, 9.17) is 34.8 Å². The highest BCUT2D eigenvalue weighted by atomic mass is 35.5. The Morgan fingerprint density at radius 1 is 1.00 bits per heavy atom. The van der Waals surface area contributed by atoms with E-state index >= 15 is 0 Å². The zero-order valence-corrected chi connectivity index (χ0v) is 20.2. The Bertz CT molecular complexity index is 1270. The summed E-state index contributed by atoms with van der Waals surface area (Å²) in [6.07, 6.45) is -3.57. The van der Waals surface area contributed by atoms with Crippen LogP contribution in [0.3, 0.4) is 0 Å². The van der Waals surface area contributed by atoms with Crippen molar-refractivity contribution in [3.63, 3.8) is 0 Å². The third-order valence-electron chi connectivity index (χ3n) is 4.20. The Morgan fingerprint density at radius 2 is 1.68 bits per heavy atom. The van der Waals surface area contributed by atoms with Crippen LogP contribution in [-0.2, 0) is 6.18 Å². The summed E-state index contributed by atoms with van der Waals surface area (Å²) < 4.78 is 40.8. The lowest BCUT2D eigenvalue weighted by molar-refractivity contribution is -0.141. The van der Waals surface area contributed by atoms with E-state index < -0.39 is 34.9 Å². The minimum atomic E-state index is -4.85. The highest BCUT2D eigenvalue weighted by Crippen LogP contribution is 2.33. The van der Waals surface area contributed by atoms with Gasteiger partial charge in [0.2, 0.25) is 0 Å². The smallest absolute Gasteiger partial charge is 0.347 e. The maximum atomic E-state index is 13.4. The molecule has 0 aliphatic heterocycles. The molecule has 0 unspecified atom stereocenters. The Hall–Kier alpha value is -2.82. The molecule has 0 fully saturated rings. The first-order valence-electron chi connectivity index (χ1n) is 9.58. The van der Waals surface area contributed by atoms with E-state index in [0.29, 0.717) is 10.7 Å². The van der Waals surface area contributed by atoms with E-state index in [2.05, 4.69) is 20.7 Å². The lowest BCUT2D eigenvalue weighted by Crippen LogP contribution is -2.41. The highest BCUT2D eigenvalue weighted by Gasteiger charge is 2.37. The van der Waals surface area contributed by atoms with Crippen molar-refractivity contribution < 1.29 is 22.8 Å². The fourth-order valence-electron chi connectivity index (χ4n) is 2.84. The van der Waals surface area contributed by atoms with Crippen LogP contribution in [0, 0.1) is 0 Å². The third-order valence-corrected chi connectivity index (χ3v) is 5.01. The molecule has 0 bridgehead atoms. The van der Waals surface area contributed by atoms with Crippen LogP contribution in [0.1, 0.15) is 47.3 Å². The zero-order chi connectivity index (χ0) is 25.4. The molecule has 0 radical (unpaired) electrons. The monoisotopic (exact) mass is 533 g/mol. The molecule has 2 heterocycles. The molecule has 3 aromatic rings. The molecule has 180 valence electrons. The fraction of sp³-hybridized carbons (Fsp3) is 0.238. The van der Waals surface area contributed by atoms with Crippen molar-refractivity contribution in [2.24, 2.45) is 0 Å². The summed E-state index contributed by atoms with van der Waals surface area (Å²) in [5, 5.41) is 8.55. The van der Waals surface area contributed by atoms with E-state index in [1.54, 1.807) is 20.8 Å². The maximum Gasteiger partial charge on any atom is 0.435 e. The Kier molecular flexibility index (Phi) is 7.16. The molecule has 2 N–H and O–H groups in total. The minimum Gasteiger partial charge on any atom is -0.347 e. The number of benzene rings is 1. The molecule has 0 spiro atoms. The molecule has 0 saturated heterocycles. The first-order valence-corrected chi connectivity index (χ1v) is 10.7. The molecule has 0 atom stereocenters. The van der Waals surface area contributed by atoms with Crippen molar-refractivity contribution in [2.45, 2.75) is 32.5 Å². The second-order valence-corrected chi connectivity index (χ2v) is 9.35. The van der Waals surface area contributed by atoms with Crippen LogP contribution >= 0.6 is 34.8 Å². The van der Waals surface area contributed by atoms with Gasteiger partial charge in [-0.25, -0.2) is 9.67 Å². The summed E-state index contributed by atoms with van der Waals surface area (Å²) in [5.74, 6) is -1.85. The number of anilines is 1. The van der Waals surface area contributed by atoms with Gasteiger partial charge in [-0.15, -0.1) is 0 Å². The lowest BCUT2D eigenvalue weighted by Gasteiger charge is -2.22. The van der Waals surface area contributed by atoms with Crippen molar-refractivity contribution in [3.05, 3.63) is 68.5 Å². The third kappa shape index (κ3) is 5.81. The van der Waals surface area contributed by atoms with Gasteiger partial charge in [0.25, 0.3) is 11.8 Å². The van der Waals surface area contributed by atoms with Crippen LogP contribution in [-0.4, -0.2) is 32.1 Å². The van der Waals surface area contributed by atoms with Gasteiger partial charge >= 0.3 is 6.18 Å². The number of carbonyl (C=O) groups is 2. The summed E-state index contributed by atoms with van der Waals surface area (Å²) in [6.45, 7) is 5.22. The Balaban J connectivity index is 2.10. The van der Waals surface area contributed by atoms with Crippen LogP contribution in [0.15, 0.2) is 36.5 Å². The molecule has 3 rings (SSSR count). The molecule has 0 aliphatic rings. The summed E-state index contributed by atoms with van der Waals surface area (Å²) in [6, 6.07) is 5.94. The molecule has 34 heavy (non-hydrogen) atoms. The minimum absolute atomic E-state index is 0.0388. The van der Waals surface area contributed by atoms with Crippen molar-refractivity contribution in [1.29, 1.82) is 0 Å². The predicted octanol–water partition coefficient (Wildman–Crippen LogP) is 6.03. The van der Waals surface area contributed by atoms with Gasteiger partial charge in [0.05, 0.1) is 21.3 Å². The van der Waals surface area contributed by atoms with Gasteiger partial charge in [0.1, 0.15) is 5.69 Å². The molecular weight excluding hydrogens is 518 g/mol. The van der Waals surface area contributed by atoms with Gasteiger partial charge in [-0.1, -0.05) is 34.8 Å². The topological polar surface area (TPSA) is 88.9 Å². The Labute approximate surface area is 207 Å². The Morgan fingerprint density at radius 3 is 2.26 bits per heavy atom. The number of nitrogens with one attached hydrogen (secondary N) is 2. The van der Waals surface area contributed by atoms with E-state index in [-0.39, 0.29) is 32.1 Å². The van der Waals surface area contributed by atoms with Gasteiger partial charge in [-0.05, 0) is 45.0 Å². The molecule has 13 heteroatoms. The number of pyridine rings is 1. The second kappa shape index (κ2) is 9.44. The van der Waals surface area contributed by atoms with Crippen molar-refractivity contribution >= 4 is 52.3 Å². The van der Waals surface area contributed by atoms with E-state index in [1.807, 2.05) is 0 Å². The van der Waals surface area contributed by atoms with Crippen molar-refractivity contribution in [3.8, 4) is 5.82 Å². The standard InChI is InChI=1S/C21H17Cl3F3N5O2/c1-20(2,3)30-18(33)11-7-10(22)8-13(24)16(11)29-19(34)14-9-15(21(25,26)27)31-32(14)17-12(23)5-4-6-28-17/h4-9H,1-3H3,(H,29,34)(H,30,33). The number of carbonyl (C=O) groups excluding carboxylic acids is 2.